The van der Waals surface area contributed by atoms with Gasteiger partial charge in [0.2, 0.25) is 0 Å². The summed E-state index contributed by atoms with van der Waals surface area (Å²) < 4.78 is 10.5. The van der Waals surface area contributed by atoms with Crippen LogP contribution >= 0.6 is 0 Å². The van der Waals surface area contributed by atoms with Gasteiger partial charge in [0.05, 0.1) is 19.8 Å². The minimum atomic E-state index is -1.56. The Morgan fingerprint density at radius 1 is 0.889 bits per heavy atom. The van der Waals surface area contributed by atoms with Crippen LogP contribution in [0.1, 0.15) is 0 Å². The Labute approximate surface area is 157 Å². The van der Waals surface area contributed by atoms with Crippen LogP contribution in [-0.2, 0) is 9.47 Å². The molecule has 8 heteroatoms. The van der Waals surface area contributed by atoms with Crippen molar-refractivity contribution in [2.45, 2.75) is 36.8 Å². The first kappa shape index (κ1) is 22.9. The van der Waals surface area contributed by atoms with E-state index in [-0.39, 0.29) is 6.61 Å². The number of allylic oxidation sites excluding steroid dienone is 2. The van der Waals surface area contributed by atoms with Gasteiger partial charge in [-0.25, -0.2) is 0 Å². The normalized spacial score (nSPS) is 28.6. The topological polar surface area (TPSA) is 140 Å². The Hall–Kier alpha value is -2.16. The molecule has 8 nitrogen and oxygen atoms in total. The van der Waals surface area contributed by atoms with Crippen LogP contribution < -0.4 is 0 Å². The molecule has 0 aliphatic carbocycles. The summed E-state index contributed by atoms with van der Waals surface area (Å²) >= 11 is 0. The molecule has 0 aromatic rings. The molecule has 1 aliphatic rings. The summed E-state index contributed by atoms with van der Waals surface area (Å²) in [5.41, 5.74) is 0. The second-order valence-corrected chi connectivity index (χ2v) is 5.29. The summed E-state index contributed by atoms with van der Waals surface area (Å²) in [6.07, 6.45) is -2.26. The molecule has 1 fully saturated rings. The van der Waals surface area contributed by atoms with Gasteiger partial charge in [-0.3, -0.25) is 0 Å². The van der Waals surface area contributed by atoms with Crippen LogP contribution in [0.3, 0.4) is 0 Å². The molecule has 0 aromatic heterocycles. The van der Waals surface area contributed by atoms with Crippen LogP contribution in [0.25, 0.3) is 0 Å². The molecule has 0 amide bonds. The molecule has 6 N–H and O–H groups in total. The van der Waals surface area contributed by atoms with Gasteiger partial charge in [-0.1, -0.05) is 17.9 Å². The van der Waals surface area contributed by atoms with Crippen LogP contribution in [0.15, 0.2) is 24.3 Å². The molecule has 0 radical (unpaired) electrons. The van der Waals surface area contributed by atoms with Gasteiger partial charge in [0, 0.05) is 0 Å². The maximum Gasteiger partial charge on any atom is 0.187 e. The van der Waals surface area contributed by atoms with Gasteiger partial charge in [-0.15, -0.1) is 0 Å². The molecule has 146 valence electrons. The predicted molar refractivity (Wildman–Crippen MR) is 94.4 cm³/mol. The highest BCUT2D eigenvalue weighted by atomic mass is 16.7. The van der Waals surface area contributed by atoms with Gasteiger partial charge in [-0.2, -0.15) is 0 Å². The third kappa shape index (κ3) is 7.94. The first-order valence-corrected chi connectivity index (χ1v) is 8.05. The van der Waals surface area contributed by atoms with Crippen molar-refractivity contribution in [2.24, 2.45) is 0 Å². The molecule has 0 bridgehead atoms. The summed E-state index contributed by atoms with van der Waals surface area (Å²) in [6, 6.07) is 0. The molecule has 1 rings (SSSR count). The number of hydrogen-bond donors (Lipinski definition) is 6. The Bertz CT molecular complexity index is 680. The quantitative estimate of drug-likeness (QED) is 0.274. The fourth-order valence-corrected chi connectivity index (χ4v) is 1.99. The summed E-state index contributed by atoms with van der Waals surface area (Å²) in [4.78, 5) is 0. The summed E-state index contributed by atoms with van der Waals surface area (Å²) in [7, 11) is 0. The highest BCUT2D eigenvalue weighted by molar-refractivity contribution is 5.39. The zero-order chi connectivity index (χ0) is 20.1. The minimum absolute atomic E-state index is 0.0933. The number of ether oxygens (including phenoxy) is 2. The van der Waals surface area contributed by atoms with Crippen molar-refractivity contribution >= 4 is 0 Å². The lowest BCUT2D eigenvalue weighted by Crippen LogP contribution is -2.59. The Balaban J connectivity index is 2.60. The molecule has 0 unspecified atom stereocenters. The molecular formula is C19H22O8. The van der Waals surface area contributed by atoms with Crippen LogP contribution in [-0.4, -0.2) is 87.3 Å². The maximum absolute atomic E-state index is 9.89. The first-order valence-electron chi connectivity index (χ1n) is 8.05. The van der Waals surface area contributed by atoms with Crippen molar-refractivity contribution in [3.05, 3.63) is 24.3 Å². The van der Waals surface area contributed by atoms with Crippen molar-refractivity contribution < 1.29 is 40.1 Å². The van der Waals surface area contributed by atoms with E-state index >= 15 is 0 Å². The Kier molecular flexibility index (Phi) is 11.1. The lowest BCUT2D eigenvalue weighted by molar-refractivity contribution is -0.309. The SMILES string of the molecule is OC/C=C/C#CC#CC#C/C=C/[C@H](CO)O[C@@H]1O[C@H](CO)[C@@H](O)[C@H](O)[C@H]1O. The van der Waals surface area contributed by atoms with Gasteiger partial charge in [-0.05, 0) is 41.9 Å². The summed E-state index contributed by atoms with van der Waals surface area (Å²) in [5.74, 6) is 15.1. The standard InChI is InChI=1S/C19H22O8/c20-11-9-7-5-3-1-2-4-6-8-10-14(12-21)26-19-18(25)17(24)16(23)15(13-22)27-19/h7-10,14-25H,11-13H2/b9-7+,10-8+/t14-,15-,16-,17+,18-,19-/m1/s1. The molecule has 6 atom stereocenters. The van der Waals surface area contributed by atoms with Crippen molar-refractivity contribution in [1.29, 1.82) is 0 Å². The van der Waals surface area contributed by atoms with E-state index in [1.54, 1.807) is 0 Å². The largest absolute Gasteiger partial charge is 0.394 e. The van der Waals surface area contributed by atoms with E-state index in [9.17, 15) is 20.4 Å². The van der Waals surface area contributed by atoms with Crippen molar-refractivity contribution in [2.75, 3.05) is 19.8 Å². The molecular weight excluding hydrogens is 356 g/mol. The second-order valence-electron chi connectivity index (χ2n) is 5.29. The average Bonchev–Trinajstić information content (AvgIpc) is 2.68. The van der Waals surface area contributed by atoms with Crippen LogP contribution in [0.4, 0.5) is 0 Å². The number of aliphatic hydroxyl groups is 6. The van der Waals surface area contributed by atoms with E-state index in [2.05, 4.69) is 35.5 Å². The second kappa shape index (κ2) is 13.1. The summed E-state index contributed by atoms with van der Waals surface area (Å²) in [6.45, 7) is -1.13. The van der Waals surface area contributed by atoms with Gasteiger partial charge < -0.3 is 40.1 Å². The maximum atomic E-state index is 9.89. The van der Waals surface area contributed by atoms with Crippen molar-refractivity contribution in [3.63, 3.8) is 0 Å². The van der Waals surface area contributed by atoms with E-state index in [0.717, 1.165) is 0 Å². The Morgan fingerprint density at radius 3 is 2.15 bits per heavy atom. The van der Waals surface area contributed by atoms with E-state index in [0.29, 0.717) is 0 Å². The lowest BCUT2D eigenvalue weighted by atomic mass is 9.99. The van der Waals surface area contributed by atoms with Gasteiger partial charge in [0.1, 0.15) is 30.5 Å². The van der Waals surface area contributed by atoms with E-state index in [1.807, 2.05) is 0 Å². The van der Waals surface area contributed by atoms with Crippen molar-refractivity contribution in [3.8, 4) is 35.5 Å². The minimum Gasteiger partial charge on any atom is -0.394 e. The number of aliphatic hydroxyl groups excluding tert-OH is 6. The van der Waals surface area contributed by atoms with Gasteiger partial charge >= 0.3 is 0 Å². The van der Waals surface area contributed by atoms with E-state index < -0.39 is 50.0 Å². The summed E-state index contributed by atoms with van der Waals surface area (Å²) in [5, 5.41) is 56.2. The molecule has 0 saturated carbocycles. The lowest BCUT2D eigenvalue weighted by Gasteiger charge is -2.40. The average molecular weight is 378 g/mol. The van der Waals surface area contributed by atoms with Crippen LogP contribution in [0, 0.1) is 35.5 Å². The molecule has 1 aliphatic heterocycles. The van der Waals surface area contributed by atoms with E-state index in [1.165, 1.54) is 24.3 Å². The number of rotatable bonds is 6. The smallest absolute Gasteiger partial charge is 0.187 e. The molecule has 1 saturated heterocycles. The fourth-order valence-electron chi connectivity index (χ4n) is 1.99. The van der Waals surface area contributed by atoms with Crippen molar-refractivity contribution in [1.82, 2.24) is 0 Å². The highest BCUT2D eigenvalue weighted by Gasteiger charge is 2.44. The highest BCUT2D eigenvalue weighted by Crippen LogP contribution is 2.23. The zero-order valence-electron chi connectivity index (χ0n) is 14.4. The Morgan fingerprint density at radius 2 is 1.56 bits per heavy atom. The van der Waals surface area contributed by atoms with Crippen LogP contribution in [0.5, 0.6) is 0 Å². The fraction of sp³-hybridized carbons (Fsp3) is 0.474. The third-order valence-electron chi connectivity index (χ3n) is 3.37. The van der Waals surface area contributed by atoms with Gasteiger partial charge in [0.15, 0.2) is 6.29 Å². The zero-order valence-corrected chi connectivity index (χ0v) is 14.4. The number of hydrogen-bond acceptors (Lipinski definition) is 8. The molecule has 0 aromatic carbocycles. The van der Waals surface area contributed by atoms with E-state index in [4.69, 9.17) is 19.7 Å². The van der Waals surface area contributed by atoms with Crippen LogP contribution in [0.2, 0.25) is 0 Å². The van der Waals surface area contributed by atoms with Gasteiger partial charge in [0.25, 0.3) is 0 Å². The molecule has 27 heavy (non-hydrogen) atoms. The first-order chi connectivity index (χ1) is 13.0. The molecule has 0 spiro atoms. The molecule has 1 heterocycles. The third-order valence-corrected chi connectivity index (χ3v) is 3.37. The predicted octanol–water partition coefficient (Wildman–Crippen LogP) is -2.72. The monoisotopic (exact) mass is 378 g/mol.